The molecule has 0 bridgehead atoms. The molecular weight excluding hydrogens is 426 g/mol. The van der Waals surface area contributed by atoms with Gasteiger partial charge in [0.05, 0.1) is 16.5 Å². The third-order valence-corrected chi connectivity index (χ3v) is 7.97. The number of aryl methyl sites for hydroxylation is 1. The van der Waals surface area contributed by atoms with Crippen molar-refractivity contribution < 1.29 is 18.0 Å². The Balaban J connectivity index is 1.44. The van der Waals surface area contributed by atoms with E-state index in [4.69, 9.17) is 0 Å². The van der Waals surface area contributed by atoms with Crippen LogP contribution in [-0.4, -0.2) is 44.8 Å². The molecule has 0 aliphatic carbocycles. The lowest BCUT2D eigenvalue weighted by atomic mass is 10.0. The second-order valence-electron chi connectivity index (χ2n) is 8.42. The van der Waals surface area contributed by atoms with Crippen LogP contribution in [0.2, 0.25) is 0 Å². The summed E-state index contributed by atoms with van der Waals surface area (Å²) in [6, 6.07) is 13.8. The zero-order valence-corrected chi connectivity index (χ0v) is 19.1. The van der Waals surface area contributed by atoms with Crippen LogP contribution in [0, 0.1) is 5.92 Å². The third-order valence-electron chi connectivity index (χ3n) is 6.14. The number of nitrogens with zero attached hydrogens (tertiary/aromatic N) is 2. The number of hydrogen-bond acceptors (Lipinski definition) is 4. The Morgan fingerprint density at radius 1 is 1.12 bits per heavy atom. The maximum absolute atomic E-state index is 13.2. The molecule has 2 aromatic carbocycles. The molecule has 2 aliphatic rings. The first kappa shape index (κ1) is 22.3. The van der Waals surface area contributed by atoms with Crippen LogP contribution in [0.3, 0.4) is 0 Å². The summed E-state index contributed by atoms with van der Waals surface area (Å²) in [5.74, 6) is -0.576. The lowest BCUT2D eigenvalue weighted by Crippen LogP contribution is -2.35. The van der Waals surface area contributed by atoms with Crippen LogP contribution in [0.25, 0.3) is 0 Å². The minimum absolute atomic E-state index is 0.0156. The van der Waals surface area contributed by atoms with Gasteiger partial charge in [0.15, 0.2) is 0 Å². The first-order chi connectivity index (χ1) is 15.4. The zero-order valence-electron chi connectivity index (χ0n) is 18.3. The van der Waals surface area contributed by atoms with E-state index in [9.17, 15) is 18.0 Å². The van der Waals surface area contributed by atoms with Gasteiger partial charge >= 0.3 is 0 Å². The number of fused-ring (bicyclic) bond motifs is 1. The van der Waals surface area contributed by atoms with Crippen molar-refractivity contribution in [3.8, 4) is 0 Å². The van der Waals surface area contributed by atoms with Crippen molar-refractivity contribution in [3.05, 3.63) is 54.1 Å². The Hall–Kier alpha value is -2.87. The fourth-order valence-corrected chi connectivity index (χ4v) is 5.88. The van der Waals surface area contributed by atoms with Crippen LogP contribution in [0.15, 0.2) is 53.4 Å². The van der Waals surface area contributed by atoms with E-state index in [2.05, 4.69) is 12.2 Å². The highest BCUT2D eigenvalue weighted by atomic mass is 32.2. The number of anilines is 2. The van der Waals surface area contributed by atoms with Crippen molar-refractivity contribution in [2.75, 3.05) is 29.3 Å². The van der Waals surface area contributed by atoms with Gasteiger partial charge in [-0.15, -0.1) is 0 Å². The number of para-hydroxylation sites is 1. The van der Waals surface area contributed by atoms with E-state index in [0.717, 1.165) is 36.9 Å². The maximum atomic E-state index is 13.2. The summed E-state index contributed by atoms with van der Waals surface area (Å²) in [7, 11) is -3.69. The van der Waals surface area contributed by atoms with Gasteiger partial charge < -0.3 is 10.2 Å². The molecule has 4 rings (SSSR count). The summed E-state index contributed by atoms with van der Waals surface area (Å²) in [5, 5.41) is 2.83. The summed E-state index contributed by atoms with van der Waals surface area (Å²) in [4.78, 5) is 26.7. The van der Waals surface area contributed by atoms with Crippen LogP contribution in [0.4, 0.5) is 11.4 Å². The molecule has 1 N–H and O–H groups in total. The molecule has 8 heteroatoms. The number of rotatable bonds is 7. The molecule has 7 nitrogen and oxygen atoms in total. The average Bonchev–Trinajstić information content (AvgIpc) is 3.18. The Bertz CT molecular complexity index is 1100. The number of likely N-dealkylation sites (tertiary alicyclic amines) is 1. The molecule has 2 aliphatic heterocycles. The largest absolute Gasteiger partial charge is 0.342 e. The first-order valence-electron chi connectivity index (χ1n) is 11.2. The summed E-state index contributed by atoms with van der Waals surface area (Å²) in [6.07, 6.45) is 3.79. The lowest BCUT2D eigenvalue weighted by molar-refractivity contribution is -0.128. The first-order valence-corrected chi connectivity index (χ1v) is 12.6. The van der Waals surface area contributed by atoms with Gasteiger partial charge in [0, 0.05) is 31.7 Å². The van der Waals surface area contributed by atoms with E-state index in [1.807, 2.05) is 24.3 Å². The molecule has 0 aromatic heterocycles. The average molecular weight is 456 g/mol. The van der Waals surface area contributed by atoms with Gasteiger partial charge in [-0.2, -0.15) is 0 Å². The lowest BCUT2D eigenvalue weighted by Gasteiger charge is -2.30. The molecular formula is C24H29N3O4S. The van der Waals surface area contributed by atoms with Gasteiger partial charge in [0.1, 0.15) is 0 Å². The number of carbonyl (C=O) groups is 2. The van der Waals surface area contributed by atoms with Crippen molar-refractivity contribution in [3.63, 3.8) is 0 Å². The number of nitrogens with one attached hydrogen (secondary N) is 1. The molecule has 0 unspecified atom stereocenters. The van der Waals surface area contributed by atoms with Crippen molar-refractivity contribution in [2.45, 2.75) is 43.9 Å². The molecule has 2 aromatic rings. The normalized spacial score (nSPS) is 18.5. The Labute approximate surface area is 189 Å². The van der Waals surface area contributed by atoms with E-state index in [1.165, 1.54) is 16.4 Å². The zero-order chi connectivity index (χ0) is 22.7. The van der Waals surface area contributed by atoms with Crippen LogP contribution < -0.4 is 9.62 Å². The standard InChI is InChI=1S/C24H29N3O4S/c1-2-3-14-26-17-19(16-23(26)28)24(29)25-20-10-12-21(13-11-20)32(30,31)27-15-6-8-18-7-4-5-9-22(18)27/h4-5,7,9-13,19H,2-3,6,8,14-17H2,1H3,(H,25,29)/t19-/m1/s1. The number of unbranched alkanes of at least 4 members (excludes halogenated alkanes) is 1. The van der Waals surface area contributed by atoms with Gasteiger partial charge in [0.2, 0.25) is 11.8 Å². The van der Waals surface area contributed by atoms with Gasteiger partial charge in [-0.05, 0) is 55.2 Å². The summed E-state index contributed by atoms with van der Waals surface area (Å²) < 4.78 is 28.0. The maximum Gasteiger partial charge on any atom is 0.264 e. The van der Waals surface area contributed by atoms with Crippen molar-refractivity contribution >= 4 is 33.2 Å². The van der Waals surface area contributed by atoms with Crippen molar-refractivity contribution in [1.29, 1.82) is 0 Å². The third kappa shape index (κ3) is 4.50. The van der Waals surface area contributed by atoms with Gasteiger partial charge in [-0.3, -0.25) is 13.9 Å². The van der Waals surface area contributed by atoms with Gasteiger partial charge in [-0.25, -0.2) is 8.42 Å². The Morgan fingerprint density at radius 3 is 2.62 bits per heavy atom. The molecule has 170 valence electrons. The highest BCUT2D eigenvalue weighted by Gasteiger charge is 2.34. The molecule has 1 saturated heterocycles. The molecule has 2 amide bonds. The molecule has 1 atom stereocenters. The number of sulfonamides is 1. The highest BCUT2D eigenvalue weighted by molar-refractivity contribution is 7.92. The molecule has 2 heterocycles. The van der Waals surface area contributed by atoms with E-state index >= 15 is 0 Å². The highest BCUT2D eigenvalue weighted by Crippen LogP contribution is 2.32. The van der Waals surface area contributed by atoms with Gasteiger partial charge in [0.25, 0.3) is 10.0 Å². The van der Waals surface area contributed by atoms with Crippen LogP contribution in [0.5, 0.6) is 0 Å². The van der Waals surface area contributed by atoms with Crippen LogP contribution in [-0.2, 0) is 26.0 Å². The fraction of sp³-hybridized carbons (Fsp3) is 0.417. The monoisotopic (exact) mass is 455 g/mol. The minimum atomic E-state index is -3.69. The van der Waals surface area contributed by atoms with E-state index in [0.29, 0.717) is 25.3 Å². The summed E-state index contributed by atoms with van der Waals surface area (Å²) in [6.45, 7) is 3.64. The van der Waals surface area contributed by atoms with Crippen LogP contribution in [0.1, 0.15) is 38.2 Å². The Kier molecular flexibility index (Phi) is 6.50. The number of benzene rings is 2. The number of carbonyl (C=O) groups excluding carboxylic acids is 2. The minimum Gasteiger partial charge on any atom is -0.342 e. The van der Waals surface area contributed by atoms with Crippen molar-refractivity contribution in [2.24, 2.45) is 5.92 Å². The fourth-order valence-electron chi connectivity index (χ4n) is 4.34. The predicted molar refractivity (Wildman–Crippen MR) is 124 cm³/mol. The molecule has 1 fully saturated rings. The smallest absolute Gasteiger partial charge is 0.264 e. The topological polar surface area (TPSA) is 86.8 Å². The Morgan fingerprint density at radius 2 is 1.88 bits per heavy atom. The van der Waals surface area contributed by atoms with E-state index < -0.39 is 10.0 Å². The summed E-state index contributed by atoms with van der Waals surface area (Å²) in [5.41, 5.74) is 2.28. The number of amides is 2. The molecule has 0 radical (unpaired) electrons. The quantitative estimate of drug-likeness (QED) is 0.693. The van der Waals surface area contributed by atoms with Crippen molar-refractivity contribution in [1.82, 2.24) is 4.90 Å². The molecule has 0 saturated carbocycles. The molecule has 32 heavy (non-hydrogen) atoms. The van der Waals surface area contributed by atoms with Crippen LogP contribution >= 0.6 is 0 Å². The second kappa shape index (κ2) is 9.32. The van der Waals surface area contributed by atoms with Gasteiger partial charge in [-0.1, -0.05) is 31.5 Å². The SMILES string of the molecule is CCCCN1C[C@H](C(=O)Nc2ccc(S(=O)(=O)N3CCCc4ccccc43)cc2)CC1=O. The van der Waals surface area contributed by atoms with E-state index in [1.54, 1.807) is 17.0 Å². The van der Waals surface area contributed by atoms with E-state index in [-0.39, 0.29) is 29.0 Å². The second-order valence-corrected chi connectivity index (χ2v) is 10.3. The molecule has 0 spiro atoms. The summed E-state index contributed by atoms with van der Waals surface area (Å²) >= 11 is 0. The number of hydrogen-bond donors (Lipinski definition) is 1. The predicted octanol–water partition coefficient (Wildman–Crippen LogP) is 3.42.